The molecule has 2 N–H and O–H groups in total. The molecule has 1 aliphatic rings. The lowest BCUT2D eigenvalue weighted by molar-refractivity contribution is 0.0690. The molecule has 110 valence electrons. The molecule has 0 unspecified atom stereocenters. The fourth-order valence-electron chi connectivity index (χ4n) is 2.84. The molecule has 1 aromatic carbocycles. The molecular formula is C15H17N3O3. The topological polar surface area (TPSA) is 86.5 Å². The van der Waals surface area contributed by atoms with Crippen molar-refractivity contribution in [1.29, 1.82) is 0 Å². The fraction of sp³-hybridized carbons (Fsp3) is 0.400. The van der Waals surface area contributed by atoms with Crippen LogP contribution in [-0.4, -0.2) is 46.1 Å². The van der Waals surface area contributed by atoms with Gasteiger partial charge in [-0.1, -0.05) is 18.2 Å². The van der Waals surface area contributed by atoms with Gasteiger partial charge in [-0.3, -0.25) is 0 Å². The van der Waals surface area contributed by atoms with Crippen molar-refractivity contribution in [3.63, 3.8) is 0 Å². The predicted molar refractivity (Wildman–Crippen MR) is 78.5 cm³/mol. The van der Waals surface area contributed by atoms with Gasteiger partial charge in [0.15, 0.2) is 5.69 Å². The Kier molecular flexibility index (Phi) is 3.70. The van der Waals surface area contributed by atoms with E-state index in [1.165, 1.54) is 0 Å². The van der Waals surface area contributed by atoms with Crippen molar-refractivity contribution < 1.29 is 15.0 Å². The third-order valence-electron chi connectivity index (χ3n) is 4.03. The first-order valence-corrected chi connectivity index (χ1v) is 7.05. The molecule has 0 atom stereocenters. The van der Waals surface area contributed by atoms with Crippen LogP contribution in [0.1, 0.15) is 23.3 Å². The van der Waals surface area contributed by atoms with Crippen LogP contribution >= 0.6 is 0 Å². The summed E-state index contributed by atoms with van der Waals surface area (Å²) in [5, 5.41) is 27.3. The fourth-order valence-corrected chi connectivity index (χ4v) is 2.84. The van der Waals surface area contributed by atoms with E-state index in [0.29, 0.717) is 17.1 Å². The Balaban J connectivity index is 2.07. The van der Waals surface area contributed by atoms with Crippen LogP contribution in [0.4, 0.5) is 5.69 Å². The molecule has 2 aromatic rings. The minimum atomic E-state index is -1.06. The van der Waals surface area contributed by atoms with E-state index in [1.807, 2.05) is 29.2 Å². The first-order valence-electron chi connectivity index (χ1n) is 7.05. The van der Waals surface area contributed by atoms with Crippen LogP contribution in [0.5, 0.6) is 0 Å². The Morgan fingerprint density at radius 1 is 1.24 bits per heavy atom. The molecule has 1 aromatic heterocycles. The Morgan fingerprint density at radius 2 is 1.95 bits per heavy atom. The number of aromatic carboxylic acids is 1. The van der Waals surface area contributed by atoms with Crippen LogP contribution in [0.25, 0.3) is 10.9 Å². The van der Waals surface area contributed by atoms with E-state index < -0.39 is 5.97 Å². The molecule has 0 saturated carbocycles. The van der Waals surface area contributed by atoms with Gasteiger partial charge in [0.1, 0.15) is 0 Å². The van der Waals surface area contributed by atoms with Crippen molar-refractivity contribution in [3.8, 4) is 0 Å². The first-order chi connectivity index (χ1) is 10.2. The van der Waals surface area contributed by atoms with E-state index in [9.17, 15) is 15.0 Å². The number of aliphatic hydroxyl groups is 1. The maximum absolute atomic E-state index is 11.5. The number of aliphatic hydroxyl groups excluding tert-OH is 1. The van der Waals surface area contributed by atoms with Crippen molar-refractivity contribution in [2.75, 3.05) is 24.6 Å². The lowest BCUT2D eigenvalue weighted by Crippen LogP contribution is -2.36. The largest absolute Gasteiger partial charge is 0.476 e. The molecular weight excluding hydrogens is 270 g/mol. The van der Waals surface area contributed by atoms with Gasteiger partial charge in [-0.25, -0.2) is 4.79 Å². The first kappa shape index (κ1) is 13.8. The lowest BCUT2D eigenvalue weighted by atomic mass is 9.97. The molecule has 0 bridgehead atoms. The van der Waals surface area contributed by atoms with Gasteiger partial charge in [0.05, 0.1) is 11.2 Å². The molecule has 0 radical (unpaired) electrons. The summed E-state index contributed by atoms with van der Waals surface area (Å²) in [7, 11) is 0. The van der Waals surface area contributed by atoms with Crippen LogP contribution in [0.3, 0.4) is 0 Å². The third kappa shape index (κ3) is 2.54. The number of anilines is 1. The number of hydrogen-bond donors (Lipinski definition) is 2. The highest BCUT2D eigenvalue weighted by molar-refractivity contribution is 6.02. The molecule has 0 amide bonds. The predicted octanol–water partition coefficient (Wildman–Crippen LogP) is 1.54. The molecule has 3 rings (SSSR count). The van der Waals surface area contributed by atoms with Crippen LogP contribution in [0.2, 0.25) is 0 Å². The second-order valence-electron chi connectivity index (χ2n) is 5.33. The van der Waals surface area contributed by atoms with E-state index >= 15 is 0 Å². The second-order valence-corrected chi connectivity index (χ2v) is 5.33. The number of nitrogens with zero attached hydrogens (tertiary/aromatic N) is 3. The minimum absolute atomic E-state index is 0.00357. The SMILES string of the molecule is O=C(O)c1nnc2ccccc2c1N1CCC(CO)CC1. The molecule has 1 fully saturated rings. The van der Waals surface area contributed by atoms with Crippen molar-refractivity contribution in [3.05, 3.63) is 30.0 Å². The van der Waals surface area contributed by atoms with Crippen molar-refractivity contribution in [2.24, 2.45) is 5.92 Å². The van der Waals surface area contributed by atoms with Gasteiger partial charge in [-0.2, -0.15) is 0 Å². The smallest absolute Gasteiger partial charge is 0.358 e. The number of aromatic nitrogens is 2. The summed E-state index contributed by atoms with van der Waals surface area (Å²) in [6.45, 7) is 1.64. The minimum Gasteiger partial charge on any atom is -0.476 e. The Bertz CT molecular complexity index is 666. The van der Waals surface area contributed by atoms with Gasteiger partial charge in [-0.05, 0) is 24.8 Å². The monoisotopic (exact) mass is 287 g/mol. The maximum atomic E-state index is 11.5. The van der Waals surface area contributed by atoms with E-state index in [-0.39, 0.29) is 12.3 Å². The van der Waals surface area contributed by atoms with E-state index in [0.717, 1.165) is 31.3 Å². The summed E-state index contributed by atoms with van der Waals surface area (Å²) in [6.07, 6.45) is 1.71. The van der Waals surface area contributed by atoms with E-state index in [2.05, 4.69) is 10.2 Å². The highest BCUT2D eigenvalue weighted by Gasteiger charge is 2.25. The highest BCUT2D eigenvalue weighted by atomic mass is 16.4. The van der Waals surface area contributed by atoms with Crippen molar-refractivity contribution in [2.45, 2.75) is 12.8 Å². The zero-order chi connectivity index (χ0) is 14.8. The van der Waals surface area contributed by atoms with Gasteiger partial charge in [-0.15, -0.1) is 10.2 Å². The quantitative estimate of drug-likeness (QED) is 0.890. The number of benzene rings is 1. The van der Waals surface area contributed by atoms with Crippen LogP contribution < -0.4 is 4.90 Å². The van der Waals surface area contributed by atoms with E-state index in [1.54, 1.807) is 0 Å². The highest BCUT2D eigenvalue weighted by Crippen LogP contribution is 2.31. The number of piperidine rings is 1. The Labute approximate surface area is 122 Å². The molecule has 1 aliphatic heterocycles. The second kappa shape index (κ2) is 5.65. The summed E-state index contributed by atoms with van der Waals surface area (Å²) in [5.41, 5.74) is 1.34. The normalized spacial score (nSPS) is 16.3. The molecule has 2 heterocycles. The zero-order valence-corrected chi connectivity index (χ0v) is 11.6. The molecule has 21 heavy (non-hydrogen) atoms. The standard InChI is InChI=1S/C15H17N3O3/c19-9-10-5-7-18(8-6-10)14-11-3-1-2-4-12(11)16-17-13(14)15(20)21/h1-4,10,19H,5-9H2,(H,20,21). The molecule has 0 spiro atoms. The third-order valence-corrected chi connectivity index (χ3v) is 4.03. The summed E-state index contributed by atoms with van der Waals surface area (Å²) in [4.78, 5) is 13.5. The summed E-state index contributed by atoms with van der Waals surface area (Å²) in [6, 6.07) is 7.45. The number of hydrogen-bond acceptors (Lipinski definition) is 5. The van der Waals surface area contributed by atoms with Crippen LogP contribution in [0.15, 0.2) is 24.3 Å². The molecule has 0 aliphatic carbocycles. The average Bonchev–Trinajstić information content (AvgIpc) is 2.53. The Morgan fingerprint density at radius 3 is 2.62 bits per heavy atom. The van der Waals surface area contributed by atoms with Gasteiger partial charge < -0.3 is 15.1 Å². The number of carboxylic acid groups (broad SMARTS) is 1. The number of rotatable bonds is 3. The van der Waals surface area contributed by atoms with Crippen LogP contribution in [-0.2, 0) is 0 Å². The molecule has 6 heteroatoms. The number of carboxylic acids is 1. The molecule has 1 saturated heterocycles. The maximum Gasteiger partial charge on any atom is 0.358 e. The summed E-state index contributed by atoms with van der Waals surface area (Å²) < 4.78 is 0. The van der Waals surface area contributed by atoms with Crippen LogP contribution in [0, 0.1) is 5.92 Å². The van der Waals surface area contributed by atoms with Gasteiger partial charge in [0.25, 0.3) is 0 Å². The van der Waals surface area contributed by atoms with Gasteiger partial charge in [0, 0.05) is 25.1 Å². The average molecular weight is 287 g/mol. The number of fused-ring (bicyclic) bond motifs is 1. The summed E-state index contributed by atoms with van der Waals surface area (Å²) >= 11 is 0. The van der Waals surface area contributed by atoms with Gasteiger partial charge >= 0.3 is 5.97 Å². The number of carbonyl (C=O) groups is 1. The van der Waals surface area contributed by atoms with Crippen molar-refractivity contribution >= 4 is 22.6 Å². The van der Waals surface area contributed by atoms with Crippen molar-refractivity contribution in [1.82, 2.24) is 10.2 Å². The van der Waals surface area contributed by atoms with E-state index in [4.69, 9.17) is 0 Å². The molecule has 6 nitrogen and oxygen atoms in total. The lowest BCUT2D eigenvalue weighted by Gasteiger charge is -2.33. The van der Waals surface area contributed by atoms with Gasteiger partial charge in [0.2, 0.25) is 0 Å². The Hall–Kier alpha value is -2.21. The zero-order valence-electron chi connectivity index (χ0n) is 11.6. The summed E-state index contributed by atoms with van der Waals surface area (Å²) in [5.74, 6) is -0.761.